The van der Waals surface area contributed by atoms with Crippen molar-refractivity contribution in [3.63, 3.8) is 0 Å². The van der Waals surface area contributed by atoms with Crippen LogP contribution in [-0.4, -0.2) is 41.8 Å². The highest BCUT2D eigenvalue weighted by Crippen LogP contribution is 2.12. The van der Waals surface area contributed by atoms with Crippen LogP contribution in [0.3, 0.4) is 0 Å². The molecule has 0 amide bonds. The van der Waals surface area contributed by atoms with Crippen molar-refractivity contribution in [3.8, 4) is 0 Å². The van der Waals surface area contributed by atoms with Crippen LogP contribution in [0.4, 0.5) is 4.39 Å². The summed E-state index contributed by atoms with van der Waals surface area (Å²) in [5, 5.41) is 0. The predicted molar refractivity (Wildman–Crippen MR) is 69.1 cm³/mol. The highest BCUT2D eigenvalue weighted by molar-refractivity contribution is 7.99. The standard InChI is InChI=1S/C13H16FNOS/c14-12-4-2-1-3-11(12)13(16)5-6-15-7-9-17-10-8-15/h1-4H,5-10H2. The number of hydrogen-bond donors (Lipinski definition) is 0. The first-order valence-corrected chi connectivity index (χ1v) is 7.00. The van der Waals surface area contributed by atoms with Gasteiger partial charge < -0.3 is 4.90 Å². The number of rotatable bonds is 4. The molecule has 0 aromatic heterocycles. The number of Topliss-reactive ketones (excluding diaryl/α,β-unsaturated/α-hetero) is 1. The number of halogens is 1. The van der Waals surface area contributed by atoms with Gasteiger partial charge in [-0.3, -0.25) is 4.79 Å². The van der Waals surface area contributed by atoms with Crippen molar-refractivity contribution in [1.82, 2.24) is 4.90 Å². The Kier molecular flexibility index (Phi) is 4.57. The van der Waals surface area contributed by atoms with E-state index in [-0.39, 0.29) is 11.3 Å². The van der Waals surface area contributed by atoms with Gasteiger partial charge in [0.2, 0.25) is 0 Å². The average Bonchev–Trinajstić information content (AvgIpc) is 2.38. The van der Waals surface area contributed by atoms with E-state index in [2.05, 4.69) is 4.90 Å². The molecule has 1 saturated heterocycles. The van der Waals surface area contributed by atoms with Gasteiger partial charge in [0.15, 0.2) is 5.78 Å². The molecule has 0 saturated carbocycles. The van der Waals surface area contributed by atoms with E-state index in [1.54, 1.807) is 18.2 Å². The number of carbonyl (C=O) groups is 1. The fourth-order valence-corrected chi connectivity index (χ4v) is 2.89. The zero-order valence-electron chi connectivity index (χ0n) is 9.69. The largest absolute Gasteiger partial charge is 0.301 e. The molecule has 0 aliphatic carbocycles. The summed E-state index contributed by atoms with van der Waals surface area (Å²) in [6.07, 6.45) is 0.408. The number of nitrogens with zero attached hydrogens (tertiary/aromatic N) is 1. The number of carbonyl (C=O) groups excluding carboxylic acids is 1. The van der Waals surface area contributed by atoms with Crippen LogP contribution in [0.25, 0.3) is 0 Å². The molecule has 1 aliphatic rings. The second-order valence-corrected chi connectivity index (χ2v) is 5.33. The molecule has 92 valence electrons. The minimum atomic E-state index is -0.410. The van der Waals surface area contributed by atoms with Gasteiger partial charge in [-0.05, 0) is 12.1 Å². The number of hydrogen-bond acceptors (Lipinski definition) is 3. The highest BCUT2D eigenvalue weighted by atomic mass is 32.2. The maximum Gasteiger partial charge on any atom is 0.167 e. The van der Waals surface area contributed by atoms with Crippen molar-refractivity contribution in [3.05, 3.63) is 35.6 Å². The maximum absolute atomic E-state index is 13.4. The minimum absolute atomic E-state index is 0.0960. The van der Waals surface area contributed by atoms with E-state index in [0.29, 0.717) is 6.42 Å². The van der Waals surface area contributed by atoms with Crippen molar-refractivity contribution in [2.45, 2.75) is 6.42 Å². The molecule has 0 atom stereocenters. The quantitative estimate of drug-likeness (QED) is 0.769. The molecule has 17 heavy (non-hydrogen) atoms. The fraction of sp³-hybridized carbons (Fsp3) is 0.462. The van der Waals surface area contributed by atoms with Crippen LogP contribution in [0.5, 0.6) is 0 Å². The summed E-state index contributed by atoms with van der Waals surface area (Å²) in [6, 6.07) is 6.20. The van der Waals surface area contributed by atoms with Gasteiger partial charge in [-0.15, -0.1) is 0 Å². The summed E-state index contributed by atoms with van der Waals surface area (Å²) in [6.45, 7) is 2.82. The number of benzene rings is 1. The molecule has 2 nitrogen and oxygen atoms in total. The van der Waals surface area contributed by atoms with Crippen LogP contribution in [0.15, 0.2) is 24.3 Å². The third-order valence-corrected chi connectivity index (χ3v) is 3.88. The molecular formula is C13H16FNOS. The Bertz CT molecular complexity index is 391. The summed E-state index contributed by atoms with van der Waals surface area (Å²) in [4.78, 5) is 14.1. The summed E-state index contributed by atoms with van der Waals surface area (Å²) < 4.78 is 13.4. The van der Waals surface area contributed by atoms with Crippen molar-refractivity contribution < 1.29 is 9.18 Å². The molecule has 2 rings (SSSR count). The number of thioether (sulfide) groups is 1. The van der Waals surface area contributed by atoms with Gasteiger partial charge in [-0.25, -0.2) is 4.39 Å². The molecule has 1 aliphatic heterocycles. The van der Waals surface area contributed by atoms with Gasteiger partial charge in [0.25, 0.3) is 0 Å². The Hall–Kier alpha value is -0.870. The predicted octanol–water partition coefficient (Wildman–Crippen LogP) is 2.45. The Morgan fingerprint density at radius 1 is 1.29 bits per heavy atom. The lowest BCUT2D eigenvalue weighted by molar-refractivity contribution is 0.0962. The molecule has 0 spiro atoms. The van der Waals surface area contributed by atoms with E-state index >= 15 is 0 Å². The van der Waals surface area contributed by atoms with Crippen LogP contribution in [-0.2, 0) is 0 Å². The molecule has 1 aromatic carbocycles. The molecule has 0 radical (unpaired) electrons. The van der Waals surface area contributed by atoms with E-state index in [0.717, 1.165) is 31.1 Å². The van der Waals surface area contributed by atoms with E-state index in [1.807, 2.05) is 11.8 Å². The van der Waals surface area contributed by atoms with Crippen LogP contribution in [0.2, 0.25) is 0 Å². The molecule has 1 fully saturated rings. The smallest absolute Gasteiger partial charge is 0.167 e. The van der Waals surface area contributed by atoms with Crippen molar-refractivity contribution in [2.75, 3.05) is 31.1 Å². The monoisotopic (exact) mass is 253 g/mol. The van der Waals surface area contributed by atoms with Gasteiger partial charge in [-0.1, -0.05) is 12.1 Å². The van der Waals surface area contributed by atoms with E-state index < -0.39 is 5.82 Å². The summed E-state index contributed by atoms with van der Waals surface area (Å²) in [5.41, 5.74) is 0.221. The lowest BCUT2D eigenvalue weighted by Crippen LogP contribution is -2.34. The lowest BCUT2D eigenvalue weighted by Gasteiger charge is -2.25. The third kappa shape index (κ3) is 3.54. The van der Waals surface area contributed by atoms with Crippen LogP contribution in [0, 0.1) is 5.82 Å². The molecule has 1 aromatic rings. The second-order valence-electron chi connectivity index (χ2n) is 4.11. The van der Waals surface area contributed by atoms with Crippen molar-refractivity contribution in [1.29, 1.82) is 0 Å². The topological polar surface area (TPSA) is 20.3 Å². The van der Waals surface area contributed by atoms with E-state index in [9.17, 15) is 9.18 Å². The number of ketones is 1. The van der Waals surface area contributed by atoms with Gasteiger partial charge in [-0.2, -0.15) is 11.8 Å². The van der Waals surface area contributed by atoms with Gasteiger partial charge in [0.1, 0.15) is 5.82 Å². The normalized spacial score (nSPS) is 17.0. The van der Waals surface area contributed by atoms with E-state index in [4.69, 9.17) is 0 Å². The molecule has 1 heterocycles. The molecule has 0 N–H and O–H groups in total. The third-order valence-electron chi connectivity index (χ3n) is 2.93. The molecular weight excluding hydrogens is 237 g/mol. The van der Waals surface area contributed by atoms with Gasteiger partial charge >= 0.3 is 0 Å². The van der Waals surface area contributed by atoms with Crippen LogP contribution in [0.1, 0.15) is 16.8 Å². The first-order chi connectivity index (χ1) is 8.27. The molecule has 0 bridgehead atoms. The van der Waals surface area contributed by atoms with Gasteiger partial charge in [0.05, 0.1) is 5.56 Å². The van der Waals surface area contributed by atoms with Crippen LogP contribution < -0.4 is 0 Å². The van der Waals surface area contributed by atoms with Gasteiger partial charge in [0, 0.05) is 37.6 Å². The minimum Gasteiger partial charge on any atom is -0.301 e. The maximum atomic E-state index is 13.4. The summed E-state index contributed by atoms with van der Waals surface area (Å²) >= 11 is 1.95. The van der Waals surface area contributed by atoms with Crippen LogP contribution >= 0.6 is 11.8 Å². The van der Waals surface area contributed by atoms with Crippen molar-refractivity contribution in [2.24, 2.45) is 0 Å². The Labute approximate surface area is 105 Å². The van der Waals surface area contributed by atoms with E-state index in [1.165, 1.54) is 6.07 Å². The molecule has 0 unspecified atom stereocenters. The summed E-state index contributed by atoms with van der Waals surface area (Å²) in [5.74, 6) is 1.76. The first-order valence-electron chi connectivity index (χ1n) is 5.85. The average molecular weight is 253 g/mol. The Morgan fingerprint density at radius 2 is 2.00 bits per heavy atom. The second kappa shape index (κ2) is 6.17. The zero-order valence-corrected chi connectivity index (χ0v) is 10.5. The molecule has 4 heteroatoms. The van der Waals surface area contributed by atoms with Crippen molar-refractivity contribution >= 4 is 17.5 Å². The SMILES string of the molecule is O=C(CCN1CCSCC1)c1ccccc1F. The lowest BCUT2D eigenvalue weighted by atomic mass is 10.1. The fourth-order valence-electron chi connectivity index (χ4n) is 1.91. The highest BCUT2D eigenvalue weighted by Gasteiger charge is 2.14. The Morgan fingerprint density at radius 3 is 2.71 bits per heavy atom. The summed E-state index contributed by atoms with van der Waals surface area (Å²) in [7, 11) is 0. The Balaban J connectivity index is 1.87. The zero-order chi connectivity index (χ0) is 12.1. The first kappa shape index (κ1) is 12.6.